The summed E-state index contributed by atoms with van der Waals surface area (Å²) in [6.07, 6.45) is 0. The molecule has 376 valence electrons. The summed E-state index contributed by atoms with van der Waals surface area (Å²) in [6, 6.07) is 78.5. The van der Waals surface area contributed by atoms with Crippen LogP contribution in [0.5, 0.6) is 0 Å². The second kappa shape index (κ2) is 17.8. The minimum Gasteiger partial charge on any atom is -0.309 e. The van der Waals surface area contributed by atoms with Crippen LogP contribution in [0, 0.1) is 0 Å². The Morgan fingerprint density at radius 1 is 0.316 bits per heavy atom. The molecule has 0 atom stereocenters. The highest BCUT2D eigenvalue weighted by molar-refractivity contribution is 6.27. The average Bonchev–Trinajstić information content (AvgIpc) is 3.79. The van der Waals surface area contributed by atoms with E-state index in [1.165, 1.54) is 115 Å². The van der Waals surface area contributed by atoms with E-state index >= 15 is 0 Å². The standard InChI is InChI=1S/C74H70N2/c1-71(2,3)53-30-23-47(24-31-53)52-29-41-66-61(43-52)62-44-54(72(4,5)6)33-42-67(62)76(66)65-40-28-51-25-35-59-64(39-27-50-26-36-60(65)70(51)69(50)59)75(56-34-38-57(48-19-15-13-16-20-48)63(46-56)74(10,11)12)68-45-55(73(7,8)9)32-37-58(68)49-21-17-14-18-22-49/h13-46H,1-12H3. The third-order valence-corrected chi connectivity index (χ3v) is 16.2. The highest BCUT2D eigenvalue weighted by Crippen LogP contribution is 2.50. The Bertz CT molecular complexity index is 4160. The maximum absolute atomic E-state index is 2.57. The van der Waals surface area contributed by atoms with Gasteiger partial charge in [0.15, 0.2) is 0 Å². The summed E-state index contributed by atoms with van der Waals surface area (Å²) in [5.74, 6) is 0. The smallest absolute Gasteiger partial charge is 0.0543 e. The van der Waals surface area contributed by atoms with Crippen molar-refractivity contribution >= 4 is 71.2 Å². The fraction of sp³-hybridized carbons (Fsp3) is 0.216. The summed E-state index contributed by atoms with van der Waals surface area (Å²) in [5, 5.41) is 10.0. The highest BCUT2D eigenvalue weighted by atomic mass is 15.1. The van der Waals surface area contributed by atoms with E-state index in [-0.39, 0.29) is 21.7 Å². The summed E-state index contributed by atoms with van der Waals surface area (Å²) in [7, 11) is 0. The van der Waals surface area contributed by atoms with Crippen LogP contribution in [0.1, 0.15) is 105 Å². The number of benzene rings is 11. The monoisotopic (exact) mass is 987 g/mol. The quantitative estimate of drug-likeness (QED) is 0.145. The first-order valence-electron chi connectivity index (χ1n) is 27.3. The molecule has 11 aromatic carbocycles. The maximum Gasteiger partial charge on any atom is 0.0543 e. The van der Waals surface area contributed by atoms with Crippen LogP contribution in [-0.4, -0.2) is 4.57 Å². The van der Waals surface area contributed by atoms with E-state index in [1.807, 2.05) is 0 Å². The minimum absolute atomic E-state index is 0.00420. The summed E-state index contributed by atoms with van der Waals surface area (Å²) < 4.78 is 2.54. The van der Waals surface area contributed by atoms with Crippen molar-refractivity contribution in [1.29, 1.82) is 0 Å². The van der Waals surface area contributed by atoms with Crippen LogP contribution >= 0.6 is 0 Å². The molecule has 76 heavy (non-hydrogen) atoms. The zero-order valence-electron chi connectivity index (χ0n) is 46.5. The van der Waals surface area contributed by atoms with Gasteiger partial charge in [-0.2, -0.15) is 0 Å². The van der Waals surface area contributed by atoms with E-state index in [4.69, 9.17) is 0 Å². The van der Waals surface area contributed by atoms with E-state index in [9.17, 15) is 0 Å². The SMILES string of the molecule is CC(C)(C)c1ccc(-c2ccc3c(c2)c2cc(C(C)(C)C)ccc2n3-c2ccc3ccc4c(N(c5ccc(-c6ccccc6)c(C(C)(C)C)c5)c5cc(C(C)(C)C)ccc5-c5ccccc5)ccc5ccc2c3c54)cc1. The van der Waals surface area contributed by atoms with E-state index in [0.717, 1.165) is 17.1 Å². The topological polar surface area (TPSA) is 8.17 Å². The van der Waals surface area contributed by atoms with Gasteiger partial charge in [-0.25, -0.2) is 0 Å². The van der Waals surface area contributed by atoms with Crippen LogP contribution in [-0.2, 0) is 21.7 Å². The molecule has 0 amide bonds. The molecule has 0 saturated heterocycles. The van der Waals surface area contributed by atoms with Gasteiger partial charge in [-0.05, 0) is 148 Å². The number of aromatic nitrogens is 1. The fourth-order valence-electron chi connectivity index (χ4n) is 11.9. The Hall–Kier alpha value is -7.94. The Labute approximate surface area is 450 Å². The predicted octanol–water partition coefficient (Wildman–Crippen LogP) is 21.3. The number of rotatable bonds is 7. The van der Waals surface area contributed by atoms with Crippen molar-refractivity contribution in [3.8, 4) is 39.1 Å². The molecule has 0 N–H and O–H groups in total. The van der Waals surface area contributed by atoms with E-state index in [0.29, 0.717) is 0 Å². The lowest BCUT2D eigenvalue weighted by atomic mass is 9.81. The van der Waals surface area contributed by atoms with Crippen molar-refractivity contribution in [2.45, 2.75) is 105 Å². The lowest BCUT2D eigenvalue weighted by Crippen LogP contribution is -2.18. The van der Waals surface area contributed by atoms with Gasteiger partial charge in [0, 0.05) is 32.8 Å². The molecular weight excluding hydrogens is 917 g/mol. The van der Waals surface area contributed by atoms with Crippen molar-refractivity contribution in [3.05, 3.63) is 229 Å². The molecule has 2 heteroatoms. The molecule has 0 fully saturated rings. The number of anilines is 3. The first-order chi connectivity index (χ1) is 36.2. The molecule has 2 nitrogen and oxygen atoms in total. The molecule has 0 radical (unpaired) electrons. The van der Waals surface area contributed by atoms with Gasteiger partial charge < -0.3 is 9.47 Å². The Morgan fingerprint density at radius 2 is 0.816 bits per heavy atom. The van der Waals surface area contributed by atoms with Crippen molar-refractivity contribution in [1.82, 2.24) is 4.57 Å². The molecule has 1 heterocycles. The second-order valence-corrected chi connectivity index (χ2v) is 25.5. The molecule has 12 aromatic rings. The van der Waals surface area contributed by atoms with Crippen LogP contribution in [0.3, 0.4) is 0 Å². The molecule has 0 saturated carbocycles. The fourth-order valence-corrected chi connectivity index (χ4v) is 11.9. The van der Waals surface area contributed by atoms with Crippen LogP contribution in [0.2, 0.25) is 0 Å². The lowest BCUT2D eigenvalue weighted by Gasteiger charge is -2.33. The number of hydrogen-bond acceptors (Lipinski definition) is 1. The van der Waals surface area contributed by atoms with E-state index in [1.54, 1.807) is 0 Å². The zero-order chi connectivity index (χ0) is 53.1. The zero-order valence-corrected chi connectivity index (χ0v) is 46.5. The predicted molar refractivity (Wildman–Crippen MR) is 330 cm³/mol. The second-order valence-electron chi connectivity index (χ2n) is 25.5. The Kier molecular flexibility index (Phi) is 11.5. The third-order valence-electron chi connectivity index (χ3n) is 16.2. The lowest BCUT2D eigenvalue weighted by molar-refractivity contribution is 0.590. The van der Waals surface area contributed by atoms with Crippen molar-refractivity contribution < 1.29 is 0 Å². The molecule has 0 bridgehead atoms. The van der Waals surface area contributed by atoms with Crippen molar-refractivity contribution in [3.63, 3.8) is 0 Å². The molecular formula is C74H70N2. The molecule has 0 spiro atoms. The van der Waals surface area contributed by atoms with Gasteiger partial charge in [-0.3, -0.25) is 0 Å². The first-order valence-corrected chi connectivity index (χ1v) is 27.3. The third kappa shape index (κ3) is 8.44. The summed E-state index contributed by atoms with van der Waals surface area (Å²) in [6.45, 7) is 27.8. The molecule has 0 unspecified atom stereocenters. The van der Waals surface area contributed by atoms with Gasteiger partial charge in [-0.1, -0.05) is 235 Å². The summed E-state index contributed by atoms with van der Waals surface area (Å²) in [5.41, 5.74) is 19.5. The Balaban J connectivity index is 1.12. The van der Waals surface area contributed by atoms with Crippen LogP contribution < -0.4 is 4.90 Å². The number of hydrogen-bond donors (Lipinski definition) is 0. The highest BCUT2D eigenvalue weighted by Gasteiger charge is 2.28. The van der Waals surface area contributed by atoms with Gasteiger partial charge >= 0.3 is 0 Å². The van der Waals surface area contributed by atoms with Crippen molar-refractivity contribution in [2.24, 2.45) is 0 Å². The van der Waals surface area contributed by atoms with Gasteiger partial charge in [0.1, 0.15) is 0 Å². The molecule has 12 rings (SSSR count). The van der Waals surface area contributed by atoms with Gasteiger partial charge in [0.2, 0.25) is 0 Å². The normalized spacial score (nSPS) is 12.7. The van der Waals surface area contributed by atoms with Crippen LogP contribution in [0.4, 0.5) is 17.1 Å². The van der Waals surface area contributed by atoms with Gasteiger partial charge in [-0.15, -0.1) is 0 Å². The van der Waals surface area contributed by atoms with Gasteiger partial charge in [0.25, 0.3) is 0 Å². The average molecular weight is 987 g/mol. The summed E-state index contributed by atoms with van der Waals surface area (Å²) in [4.78, 5) is 2.57. The first kappa shape index (κ1) is 49.0. The largest absolute Gasteiger partial charge is 0.309 e. The molecule has 0 aliphatic carbocycles. The van der Waals surface area contributed by atoms with E-state index < -0.39 is 0 Å². The Morgan fingerprint density at radius 3 is 1.45 bits per heavy atom. The van der Waals surface area contributed by atoms with Gasteiger partial charge in [0.05, 0.1) is 28.1 Å². The number of nitrogens with zero attached hydrogens (tertiary/aromatic N) is 2. The maximum atomic E-state index is 2.57. The summed E-state index contributed by atoms with van der Waals surface area (Å²) >= 11 is 0. The minimum atomic E-state index is -0.137. The van der Waals surface area contributed by atoms with Crippen LogP contribution in [0.25, 0.3) is 93.2 Å². The van der Waals surface area contributed by atoms with Crippen LogP contribution in [0.15, 0.2) is 206 Å². The molecule has 0 aliphatic rings. The van der Waals surface area contributed by atoms with Crippen molar-refractivity contribution in [2.75, 3.05) is 4.90 Å². The molecule has 1 aromatic heterocycles. The van der Waals surface area contributed by atoms with E-state index in [2.05, 4.69) is 299 Å². The number of fused-ring (bicyclic) bond motifs is 3. The molecule has 0 aliphatic heterocycles.